The van der Waals surface area contributed by atoms with E-state index in [1.54, 1.807) is 13.1 Å². The van der Waals surface area contributed by atoms with Gasteiger partial charge in [-0.2, -0.15) is 0 Å². The number of ether oxygens (including phenoxy) is 1. The maximum Gasteiger partial charge on any atom is 0.257 e. The summed E-state index contributed by atoms with van der Waals surface area (Å²) in [5.41, 5.74) is 2.15. The number of para-hydroxylation sites is 1. The minimum absolute atomic E-state index is 0.132. The zero-order chi connectivity index (χ0) is 15.2. The van der Waals surface area contributed by atoms with Crippen molar-refractivity contribution in [2.45, 2.75) is 20.0 Å². The Hall–Kier alpha value is -2.49. The summed E-state index contributed by atoms with van der Waals surface area (Å²) in [4.78, 5) is 12.3. The molecule has 4 heteroatoms. The number of hydrogen-bond donors (Lipinski definition) is 2. The number of carbonyl (C=O) groups is 1. The van der Waals surface area contributed by atoms with Crippen LogP contribution in [0.3, 0.4) is 0 Å². The van der Waals surface area contributed by atoms with E-state index in [9.17, 15) is 4.79 Å². The van der Waals surface area contributed by atoms with Crippen molar-refractivity contribution in [3.05, 3.63) is 54.1 Å². The quantitative estimate of drug-likeness (QED) is 0.878. The van der Waals surface area contributed by atoms with Gasteiger partial charge in [0, 0.05) is 18.4 Å². The van der Waals surface area contributed by atoms with E-state index in [2.05, 4.69) is 10.6 Å². The smallest absolute Gasteiger partial charge is 0.257 e. The molecule has 0 fully saturated rings. The highest BCUT2D eigenvalue weighted by atomic mass is 16.5. The molecule has 2 aromatic carbocycles. The molecular weight excluding hydrogens is 264 g/mol. The summed E-state index contributed by atoms with van der Waals surface area (Å²) < 4.78 is 5.57. The molecule has 0 aliphatic carbocycles. The van der Waals surface area contributed by atoms with Crippen LogP contribution in [-0.4, -0.2) is 19.1 Å². The Morgan fingerprint density at radius 1 is 1.05 bits per heavy atom. The van der Waals surface area contributed by atoms with Crippen LogP contribution in [0, 0.1) is 0 Å². The zero-order valence-electron chi connectivity index (χ0n) is 12.5. The molecule has 0 spiro atoms. The van der Waals surface area contributed by atoms with Crippen molar-refractivity contribution in [3.63, 3.8) is 0 Å². The molecule has 0 radical (unpaired) electrons. The van der Waals surface area contributed by atoms with E-state index >= 15 is 0 Å². The third kappa shape index (κ3) is 3.99. The van der Waals surface area contributed by atoms with Crippen LogP contribution in [0.2, 0.25) is 0 Å². The highest BCUT2D eigenvalue weighted by molar-refractivity contribution is 6.08. The summed E-state index contributed by atoms with van der Waals surface area (Å²) in [5.74, 6) is 0.649. The number of amides is 1. The van der Waals surface area contributed by atoms with Crippen molar-refractivity contribution >= 4 is 17.3 Å². The van der Waals surface area contributed by atoms with Crippen molar-refractivity contribution < 1.29 is 9.53 Å². The van der Waals surface area contributed by atoms with Crippen LogP contribution in [0.15, 0.2) is 48.5 Å². The van der Waals surface area contributed by atoms with Gasteiger partial charge in [-0.25, -0.2) is 0 Å². The van der Waals surface area contributed by atoms with Gasteiger partial charge in [-0.05, 0) is 50.2 Å². The van der Waals surface area contributed by atoms with Gasteiger partial charge in [0.1, 0.15) is 5.75 Å². The second-order valence-corrected chi connectivity index (χ2v) is 4.94. The standard InChI is InChI=1S/C17H20N2O2/c1-12(2)21-14-10-8-13(9-11-14)19-17(20)15-6-4-5-7-16(15)18-3/h4-12,18H,1-3H3,(H,19,20). The maximum atomic E-state index is 12.3. The molecule has 0 aliphatic rings. The molecule has 0 heterocycles. The van der Waals surface area contributed by atoms with Crippen LogP contribution in [0.4, 0.5) is 11.4 Å². The van der Waals surface area contributed by atoms with Gasteiger partial charge in [0.15, 0.2) is 0 Å². The Morgan fingerprint density at radius 2 is 1.71 bits per heavy atom. The van der Waals surface area contributed by atoms with Crippen molar-refractivity contribution in [1.29, 1.82) is 0 Å². The number of nitrogens with one attached hydrogen (secondary N) is 2. The van der Waals surface area contributed by atoms with Crippen LogP contribution >= 0.6 is 0 Å². The molecule has 2 N–H and O–H groups in total. The fraction of sp³-hybridized carbons (Fsp3) is 0.235. The Balaban J connectivity index is 2.09. The molecule has 2 aromatic rings. The van der Waals surface area contributed by atoms with Gasteiger partial charge < -0.3 is 15.4 Å². The Kier molecular flexibility index (Phi) is 4.82. The van der Waals surface area contributed by atoms with Crippen LogP contribution in [-0.2, 0) is 0 Å². The largest absolute Gasteiger partial charge is 0.491 e. The Morgan fingerprint density at radius 3 is 2.33 bits per heavy atom. The van der Waals surface area contributed by atoms with Crippen molar-refractivity contribution in [2.24, 2.45) is 0 Å². The average molecular weight is 284 g/mol. The maximum absolute atomic E-state index is 12.3. The minimum atomic E-state index is -0.141. The number of rotatable bonds is 5. The van der Waals surface area contributed by atoms with E-state index in [0.717, 1.165) is 17.1 Å². The zero-order valence-corrected chi connectivity index (χ0v) is 12.5. The molecule has 21 heavy (non-hydrogen) atoms. The normalized spacial score (nSPS) is 10.3. The van der Waals surface area contributed by atoms with Crippen LogP contribution in [0.1, 0.15) is 24.2 Å². The first kappa shape index (κ1) is 14.9. The molecule has 0 aromatic heterocycles. The average Bonchev–Trinajstić information content (AvgIpc) is 2.48. The SMILES string of the molecule is CNc1ccccc1C(=O)Nc1ccc(OC(C)C)cc1. The third-order valence-corrected chi connectivity index (χ3v) is 2.92. The highest BCUT2D eigenvalue weighted by Crippen LogP contribution is 2.19. The molecule has 2 rings (SSSR count). The minimum Gasteiger partial charge on any atom is -0.491 e. The lowest BCUT2D eigenvalue weighted by molar-refractivity contribution is 0.102. The second kappa shape index (κ2) is 6.79. The molecular formula is C17H20N2O2. The first-order valence-electron chi connectivity index (χ1n) is 6.95. The predicted octanol–water partition coefficient (Wildman–Crippen LogP) is 3.77. The van der Waals surface area contributed by atoms with E-state index in [-0.39, 0.29) is 12.0 Å². The lowest BCUT2D eigenvalue weighted by Gasteiger charge is -2.12. The fourth-order valence-corrected chi connectivity index (χ4v) is 1.99. The summed E-state index contributed by atoms with van der Waals surface area (Å²) in [6.45, 7) is 3.95. The third-order valence-electron chi connectivity index (χ3n) is 2.92. The molecule has 1 amide bonds. The van der Waals surface area contributed by atoms with E-state index in [4.69, 9.17) is 4.74 Å². The van der Waals surface area contributed by atoms with Gasteiger partial charge in [0.05, 0.1) is 11.7 Å². The van der Waals surface area contributed by atoms with Crippen LogP contribution in [0.5, 0.6) is 5.75 Å². The lowest BCUT2D eigenvalue weighted by atomic mass is 10.1. The number of carbonyl (C=O) groups excluding carboxylic acids is 1. The number of benzene rings is 2. The highest BCUT2D eigenvalue weighted by Gasteiger charge is 2.10. The summed E-state index contributed by atoms with van der Waals surface area (Å²) >= 11 is 0. The Bertz CT molecular complexity index is 606. The van der Waals surface area contributed by atoms with Gasteiger partial charge in [-0.1, -0.05) is 12.1 Å². The fourth-order valence-electron chi connectivity index (χ4n) is 1.99. The molecule has 110 valence electrons. The Labute approximate surface area is 125 Å². The molecule has 0 saturated carbocycles. The van der Waals surface area contributed by atoms with Crippen molar-refractivity contribution in [3.8, 4) is 5.75 Å². The molecule has 0 atom stereocenters. The summed E-state index contributed by atoms with van der Waals surface area (Å²) in [5, 5.41) is 5.89. The number of anilines is 2. The predicted molar refractivity (Wildman–Crippen MR) is 86.1 cm³/mol. The molecule has 0 bridgehead atoms. The van der Waals surface area contributed by atoms with E-state index in [0.29, 0.717) is 5.56 Å². The van der Waals surface area contributed by atoms with Crippen LogP contribution in [0.25, 0.3) is 0 Å². The second-order valence-electron chi connectivity index (χ2n) is 4.94. The van der Waals surface area contributed by atoms with E-state index < -0.39 is 0 Å². The van der Waals surface area contributed by atoms with Gasteiger partial charge in [0.2, 0.25) is 0 Å². The molecule has 0 aliphatic heterocycles. The van der Waals surface area contributed by atoms with Gasteiger partial charge in [-0.3, -0.25) is 4.79 Å². The van der Waals surface area contributed by atoms with Gasteiger partial charge in [0.25, 0.3) is 5.91 Å². The summed E-state index contributed by atoms with van der Waals surface area (Å²) in [7, 11) is 1.80. The number of hydrogen-bond acceptors (Lipinski definition) is 3. The summed E-state index contributed by atoms with van der Waals surface area (Å²) in [6, 6.07) is 14.7. The monoisotopic (exact) mass is 284 g/mol. The van der Waals surface area contributed by atoms with Crippen molar-refractivity contribution in [1.82, 2.24) is 0 Å². The van der Waals surface area contributed by atoms with Gasteiger partial charge >= 0.3 is 0 Å². The van der Waals surface area contributed by atoms with Crippen molar-refractivity contribution in [2.75, 3.05) is 17.7 Å². The van der Waals surface area contributed by atoms with E-state index in [1.165, 1.54) is 0 Å². The topological polar surface area (TPSA) is 50.4 Å². The van der Waals surface area contributed by atoms with E-state index in [1.807, 2.05) is 56.3 Å². The first-order chi connectivity index (χ1) is 10.1. The van der Waals surface area contributed by atoms with Gasteiger partial charge in [-0.15, -0.1) is 0 Å². The first-order valence-corrected chi connectivity index (χ1v) is 6.95. The van der Waals surface area contributed by atoms with Crippen LogP contribution < -0.4 is 15.4 Å². The summed E-state index contributed by atoms with van der Waals surface area (Å²) in [6.07, 6.45) is 0.132. The lowest BCUT2D eigenvalue weighted by Crippen LogP contribution is -2.14. The molecule has 0 saturated heterocycles. The molecule has 4 nitrogen and oxygen atoms in total. The molecule has 0 unspecified atom stereocenters.